The summed E-state index contributed by atoms with van der Waals surface area (Å²) in [5.74, 6) is -0.407. The lowest BCUT2D eigenvalue weighted by molar-refractivity contribution is 0.0549. The molecule has 0 unspecified atom stereocenters. The van der Waals surface area contributed by atoms with Gasteiger partial charge >= 0.3 is 5.97 Å². The fourth-order valence-electron chi connectivity index (χ4n) is 1.35. The van der Waals surface area contributed by atoms with Crippen molar-refractivity contribution in [2.45, 2.75) is 12.6 Å². The number of hydrogen-bond donors (Lipinski definition) is 1. The topological polar surface area (TPSA) is 85.3 Å². The highest BCUT2D eigenvalue weighted by atomic mass is 16.5. The summed E-state index contributed by atoms with van der Waals surface area (Å²) < 4.78 is 10.2. The van der Waals surface area contributed by atoms with Gasteiger partial charge in [-0.1, -0.05) is 24.8 Å². The van der Waals surface area contributed by atoms with Crippen molar-refractivity contribution in [1.29, 1.82) is 5.26 Å². The lowest BCUT2D eigenvalue weighted by Crippen LogP contribution is -2.23. The molecule has 19 heavy (non-hydrogen) atoms. The minimum Gasteiger partial charge on any atom is -0.458 e. The smallest absolute Gasteiger partial charge is 0.338 e. The molecule has 0 aliphatic carbocycles. The highest BCUT2D eigenvalue weighted by Crippen LogP contribution is 2.08. The van der Waals surface area contributed by atoms with Gasteiger partial charge in [-0.25, -0.2) is 4.79 Å². The number of carbonyl (C=O) groups excluding carboxylic acids is 1. The maximum Gasteiger partial charge on any atom is 0.338 e. The van der Waals surface area contributed by atoms with Gasteiger partial charge in [0.15, 0.2) is 0 Å². The molecular formula is C14H16N2O3. The van der Waals surface area contributed by atoms with Gasteiger partial charge in [0.25, 0.3) is 0 Å². The predicted octanol–water partition coefficient (Wildman–Crippen LogP) is 1.40. The standard InChI is InChI=1S/C14H16N2O3/c1-2-6-19-14(17)12-5-3-4-11(7-12)9-18-10-13(16)8-15/h2-5,7,13H,1,6,9-10,16H2/t13-/m1/s1. The van der Waals surface area contributed by atoms with Crippen LogP contribution in [0.1, 0.15) is 15.9 Å². The number of esters is 1. The average molecular weight is 260 g/mol. The molecule has 1 aromatic carbocycles. The number of hydrogen-bond acceptors (Lipinski definition) is 5. The Kier molecular flexibility index (Phi) is 6.30. The Balaban J connectivity index is 2.54. The lowest BCUT2D eigenvalue weighted by atomic mass is 10.1. The predicted molar refractivity (Wildman–Crippen MR) is 70.2 cm³/mol. The maximum atomic E-state index is 11.6. The number of ether oxygens (including phenoxy) is 2. The highest BCUT2D eigenvalue weighted by molar-refractivity contribution is 5.89. The number of benzene rings is 1. The molecule has 1 rings (SSSR count). The van der Waals surface area contributed by atoms with Crippen molar-refractivity contribution < 1.29 is 14.3 Å². The summed E-state index contributed by atoms with van der Waals surface area (Å²) in [5, 5.41) is 8.51. The van der Waals surface area contributed by atoms with Crippen molar-refractivity contribution in [3.63, 3.8) is 0 Å². The van der Waals surface area contributed by atoms with Crippen LogP contribution in [0.2, 0.25) is 0 Å². The molecule has 5 nitrogen and oxygen atoms in total. The van der Waals surface area contributed by atoms with E-state index in [2.05, 4.69) is 6.58 Å². The average Bonchev–Trinajstić information content (AvgIpc) is 2.44. The minimum absolute atomic E-state index is 0.154. The maximum absolute atomic E-state index is 11.6. The van der Waals surface area contributed by atoms with E-state index >= 15 is 0 Å². The molecule has 0 saturated heterocycles. The zero-order valence-electron chi connectivity index (χ0n) is 10.5. The molecule has 100 valence electrons. The fraction of sp³-hybridized carbons (Fsp3) is 0.286. The molecule has 2 N–H and O–H groups in total. The van der Waals surface area contributed by atoms with E-state index in [1.165, 1.54) is 6.08 Å². The molecule has 0 heterocycles. The zero-order chi connectivity index (χ0) is 14.1. The van der Waals surface area contributed by atoms with Gasteiger partial charge in [-0.05, 0) is 17.7 Å². The third-order valence-electron chi connectivity index (χ3n) is 2.23. The molecular weight excluding hydrogens is 244 g/mol. The second-order valence-corrected chi connectivity index (χ2v) is 3.84. The fourth-order valence-corrected chi connectivity index (χ4v) is 1.35. The quantitative estimate of drug-likeness (QED) is 0.591. The molecule has 0 spiro atoms. The third-order valence-corrected chi connectivity index (χ3v) is 2.23. The van der Waals surface area contributed by atoms with Gasteiger partial charge in [-0.2, -0.15) is 5.26 Å². The number of nitrogens with zero attached hydrogens (tertiary/aromatic N) is 1. The van der Waals surface area contributed by atoms with Crippen molar-refractivity contribution in [2.75, 3.05) is 13.2 Å². The highest BCUT2D eigenvalue weighted by Gasteiger charge is 2.07. The first-order chi connectivity index (χ1) is 9.17. The first-order valence-corrected chi connectivity index (χ1v) is 5.77. The van der Waals surface area contributed by atoms with Crippen molar-refractivity contribution in [3.8, 4) is 6.07 Å². The van der Waals surface area contributed by atoms with E-state index in [-0.39, 0.29) is 19.8 Å². The van der Waals surface area contributed by atoms with Crippen LogP contribution < -0.4 is 5.73 Å². The first kappa shape index (κ1) is 14.9. The molecule has 0 saturated carbocycles. The van der Waals surface area contributed by atoms with Crippen molar-refractivity contribution in [1.82, 2.24) is 0 Å². The second kappa shape index (κ2) is 8.03. The van der Waals surface area contributed by atoms with Crippen LogP contribution in [0.3, 0.4) is 0 Å². The zero-order valence-corrected chi connectivity index (χ0v) is 10.5. The monoisotopic (exact) mass is 260 g/mol. The van der Waals surface area contributed by atoms with Gasteiger partial charge in [-0.15, -0.1) is 0 Å². The summed E-state index contributed by atoms with van der Waals surface area (Å²) in [4.78, 5) is 11.6. The molecule has 1 aromatic rings. The van der Waals surface area contributed by atoms with Crippen molar-refractivity contribution in [2.24, 2.45) is 5.73 Å². The van der Waals surface area contributed by atoms with Crippen LogP contribution in [0, 0.1) is 11.3 Å². The number of nitriles is 1. The first-order valence-electron chi connectivity index (χ1n) is 5.77. The Morgan fingerprint density at radius 3 is 3.05 bits per heavy atom. The number of rotatable bonds is 7. The van der Waals surface area contributed by atoms with Gasteiger partial charge in [0.05, 0.1) is 24.8 Å². The van der Waals surface area contributed by atoms with Crippen LogP contribution in [0.25, 0.3) is 0 Å². The summed E-state index contributed by atoms with van der Waals surface area (Å²) in [7, 11) is 0. The molecule has 0 bridgehead atoms. The number of nitrogens with two attached hydrogens (primary N) is 1. The van der Waals surface area contributed by atoms with Gasteiger partial charge in [0.1, 0.15) is 12.6 Å². The summed E-state index contributed by atoms with van der Waals surface area (Å²) in [5.41, 5.74) is 6.67. The van der Waals surface area contributed by atoms with Crippen LogP contribution in [0.5, 0.6) is 0 Å². The lowest BCUT2D eigenvalue weighted by Gasteiger charge is -2.07. The van der Waals surface area contributed by atoms with Crippen LogP contribution in [0.4, 0.5) is 0 Å². The van der Waals surface area contributed by atoms with Gasteiger partial charge in [-0.3, -0.25) is 0 Å². The van der Waals surface area contributed by atoms with E-state index in [0.717, 1.165) is 5.56 Å². The third kappa shape index (κ3) is 5.34. The van der Waals surface area contributed by atoms with Crippen LogP contribution >= 0.6 is 0 Å². The van der Waals surface area contributed by atoms with E-state index in [9.17, 15) is 4.79 Å². The molecule has 0 aliphatic rings. The molecule has 1 atom stereocenters. The molecule has 0 amide bonds. The molecule has 5 heteroatoms. The van der Waals surface area contributed by atoms with Gasteiger partial charge in [0.2, 0.25) is 0 Å². The summed E-state index contributed by atoms with van der Waals surface area (Å²) >= 11 is 0. The summed E-state index contributed by atoms with van der Waals surface area (Å²) in [6.07, 6.45) is 1.51. The van der Waals surface area contributed by atoms with E-state index in [4.69, 9.17) is 20.5 Å². The Labute approximate surface area is 112 Å². The Bertz CT molecular complexity index is 480. The molecule has 0 aliphatic heterocycles. The van der Waals surface area contributed by atoms with E-state index in [1.807, 2.05) is 12.1 Å². The molecule has 0 radical (unpaired) electrons. The van der Waals surface area contributed by atoms with Crippen LogP contribution in [-0.2, 0) is 16.1 Å². The van der Waals surface area contributed by atoms with Crippen LogP contribution in [-0.4, -0.2) is 25.2 Å². The summed E-state index contributed by atoms with van der Waals surface area (Å²) in [6, 6.07) is 8.15. The number of carbonyl (C=O) groups is 1. The van der Waals surface area contributed by atoms with E-state index in [0.29, 0.717) is 5.56 Å². The Hall–Kier alpha value is -2.16. The SMILES string of the molecule is C=CCOC(=O)c1cccc(COC[C@H](N)C#N)c1. The Morgan fingerprint density at radius 2 is 2.37 bits per heavy atom. The molecule has 0 fully saturated rings. The normalized spacial score (nSPS) is 11.4. The van der Waals surface area contributed by atoms with E-state index < -0.39 is 12.0 Å². The Morgan fingerprint density at radius 1 is 1.58 bits per heavy atom. The van der Waals surface area contributed by atoms with Crippen molar-refractivity contribution >= 4 is 5.97 Å². The molecule has 0 aromatic heterocycles. The van der Waals surface area contributed by atoms with Gasteiger partial charge in [0, 0.05) is 0 Å². The van der Waals surface area contributed by atoms with Gasteiger partial charge < -0.3 is 15.2 Å². The van der Waals surface area contributed by atoms with Crippen molar-refractivity contribution in [3.05, 3.63) is 48.0 Å². The summed E-state index contributed by atoms with van der Waals surface area (Å²) in [6.45, 7) is 4.09. The van der Waals surface area contributed by atoms with E-state index in [1.54, 1.807) is 18.2 Å². The largest absolute Gasteiger partial charge is 0.458 e. The minimum atomic E-state index is -0.638. The van der Waals surface area contributed by atoms with Crippen LogP contribution in [0.15, 0.2) is 36.9 Å². The second-order valence-electron chi connectivity index (χ2n) is 3.84.